The predicted molar refractivity (Wildman–Crippen MR) is 78.5 cm³/mol. The van der Waals surface area contributed by atoms with Crippen LogP contribution in [0.2, 0.25) is 0 Å². The number of rotatable bonds is 3. The van der Waals surface area contributed by atoms with E-state index >= 15 is 0 Å². The van der Waals surface area contributed by atoms with Gasteiger partial charge in [0, 0.05) is 23.6 Å². The van der Waals surface area contributed by atoms with Crippen LogP contribution in [-0.2, 0) is 0 Å². The number of benzene rings is 1. The monoisotopic (exact) mass is 280 g/mol. The highest BCUT2D eigenvalue weighted by molar-refractivity contribution is 6.10. The first-order chi connectivity index (χ1) is 10.3. The highest BCUT2D eigenvalue weighted by atomic mass is 16.5. The molecule has 0 aliphatic carbocycles. The lowest BCUT2D eigenvalue weighted by Gasteiger charge is -2.05. The second kappa shape index (κ2) is 5.46. The topological polar surface area (TPSA) is 94.0 Å². The average Bonchev–Trinajstić information content (AvgIpc) is 2.91. The molecule has 0 aliphatic rings. The van der Waals surface area contributed by atoms with Gasteiger partial charge in [-0.1, -0.05) is 23.4 Å². The SMILES string of the molecule is Nc1onc(-c2cccnc2)c1C(=O)Nc1ccccc1. The zero-order chi connectivity index (χ0) is 14.7. The number of aromatic nitrogens is 2. The molecule has 6 nitrogen and oxygen atoms in total. The van der Waals surface area contributed by atoms with Gasteiger partial charge in [-0.2, -0.15) is 0 Å². The predicted octanol–water partition coefficient (Wildman–Crippen LogP) is 2.57. The molecular formula is C15H12N4O2. The second-order valence-electron chi connectivity index (χ2n) is 4.33. The van der Waals surface area contributed by atoms with Gasteiger partial charge in [-0.05, 0) is 24.3 Å². The number of hydrogen-bond donors (Lipinski definition) is 2. The second-order valence-corrected chi connectivity index (χ2v) is 4.33. The van der Waals surface area contributed by atoms with Crippen molar-refractivity contribution >= 4 is 17.5 Å². The van der Waals surface area contributed by atoms with Gasteiger partial charge in [-0.25, -0.2) is 0 Å². The van der Waals surface area contributed by atoms with Crippen LogP contribution in [0.1, 0.15) is 10.4 Å². The Kier molecular flexibility index (Phi) is 3.34. The zero-order valence-electron chi connectivity index (χ0n) is 11.0. The molecule has 21 heavy (non-hydrogen) atoms. The first-order valence-electron chi connectivity index (χ1n) is 6.27. The number of amides is 1. The highest BCUT2D eigenvalue weighted by Gasteiger charge is 2.22. The van der Waals surface area contributed by atoms with E-state index in [9.17, 15) is 4.79 Å². The van der Waals surface area contributed by atoms with Crippen molar-refractivity contribution in [2.75, 3.05) is 11.1 Å². The molecule has 0 radical (unpaired) electrons. The fourth-order valence-corrected chi connectivity index (χ4v) is 1.94. The summed E-state index contributed by atoms with van der Waals surface area (Å²) in [5, 5.41) is 6.60. The van der Waals surface area contributed by atoms with Crippen LogP contribution in [0.3, 0.4) is 0 Å². The molecular weight excluding hydrogens is 268 g/mol. The van der Waals surface area contributed by atoms with E-state index in [2.05, 4.69) is 15.5 Å². The molecule has 0 unspecified atom stereocenters. The Hall–Kier alpha value is -3.15. The molecule has 6 heteroatoms. The lowest BCUT2D eigenvalue weighted by Crippen LogP contribution is -2.13. The third-order valence-corrected chi connectivity index (χ3v) is 2.91. The van der Waals surface area contributed by atoms with E-state index in [4.69, 9.17) is 10.3 Å². The maximum absolute atomic E-state index is 12.4. The largest absolute Gasteiger partial charge is 0.367 e. The summed E-state index contributed by atoms with van der Waals surface area (Å²) < 4.78 is 4.95. The van der Waals surface area contributed by atoms with E-state index in [0.717, 1.165) is 0 Å². The fourth-order valence-electron chi connectivity index (χ4n) is 1.94. The highest BCUT2D eigenvalue weighted by Crippen LogP contribution is 2.27. The fraction of sp³-hybridized carbons (Fsp3) is 0. The van der Waals surface area contributed by atoms with Gasteiger partial charge in [0.2, 0.25) is 5.88 Å². The van der Waals surface area contributed by atoms with Crippen LogP contribution >= 0.6 is 0 Å². The first kappa shape index (κ1) is 12.9. The van der Waals surface area contributed by atoms with Crippen LogP contribution < -0.4 is 11.1 Å². The Bertz CT molecular complexity index is 754. The zero-order valence-corrected chi connectivity index (χ0v) is 11.0. The van der Waals surface area contributed by atoms with Crippen molar-refractivity contribution in [2.45, 2.75) is 0 Å². The average molecular weight is 280 g/mol. The molecule has 3 aromatic rings. The number of nitrogens with two attached hydrogens (primary N) is 1. The lowest BCUT2D eigenvalue weighted by atomic mass is 10.1. The molecule has 0 spiro atoms. The van der Waals surface area contributed by atoms with Gasteiger partial charge in [0.05, 0.1) is 0 Å². The smallest absolute Gasteiger partial charge is 0.263 e. The van der Waals surface area contributed by atoms with E-state index in [1.54, 1.807) is 36.7 Å². The van der Waals surface area contributed by atoms with Gasteiger partial charge < -0.3 is 15.6 Å². The summed E-state index contributed by atoms with van der Waals surface area (Å²) >= 11 is 0. The first-order valence-corrected chi connectivity index (χ1v) is 6.27. The number of nitrogens with zero attached hydrogens (tertiary/aromatic N) is 2. The number of nitrogens with one attached hydrogen (secondary N) is 1. The molecule has 0 atom stereocenters. The summed E-state index contributed by atoms with van der Waals surface area (Å²) in [5.74, 6) is -0.402. The quantitative estimate of drug-likeness (QED) is 0.769. The number of carbonyl (C=O) groups is 1. The van der Waals surface area contributed by atoms with Gasteiger partial charge in [-0.3, -0.25) is 9.78 Å². The van der Waals surface area contributed by atoms with Crippen LogP contribution in [0.25, 0.3) is 11.3 Å². The van der Waals surface area contributed by atoms with Gasteiger partial charge in [0.15, 0.2) is 0 Å². The Morgan fingerprint density at radius 3 is 2.67 bits per heavy atom. The summed E-state index contributed by atoms with van der Waals surface area (Å²) in [6, 6.07) is 12.6. The minimum Gasteiger partial charge on any atom is -0.367 e. The maximum atomic E-state index is 12.4. The Balaban J connectivity index is 1.95. The minimum atomic E-state index is -0.376. The van der Waals surface area contributed by atoms with E-state index in [0.29, 0.717) is 16.9 Å². The summed E-state index contributed by atoms with van der Waals surface area (Å²) in [6.07, 6.45) is 3.23. The Morgan fingerprint density at radius 1 is 1.14 bits per heavy atom. The van der Waals surface area contributed by atoms with E-state index in [1.165, 1.54) is 0 Å². The molecule has 2 heterocycles. The molecule has 3 rings (SSSR count). The van der Waals surface area contributed by atoms with Crippen LogP contribution in [-0.4, -0.2) is 16.0 Å². The molecule has 3 N–H and O–H groups in total. The molecule has 1 aromatic carbocycles. The third kappa shape index (κ3) is 2.59. The molecule has 0 saturated heterocycles. The van der Waals surface area contributed by atoms with Crippen LogP contribution in [0.15, 0.2) is 59.4 Å². The standard InChI is InChI=1S/C15H12N4O2/c16-14-12(15(20)18-11-6-2-1-3-7-11)13(19-21-14)10-5-4-8-17-9-10/h1-9H,16H2,(H,18,20). The van der Waals surface area contributed by atoms with Crippen molar-refractivity contribution in [1.29, 1.82) is 0 Å². The third-order valence-electron chi connectivity index (χ3n) is 2.91. The van der Waals surface area contributed by atoms with Crippen molar-refractivity contribution in [3.8, 4) is 11.3 Å². The Morgan fingerprint density at radius 2 is 1.95 bits per heavy atom. The van der Waals surface area contributed by atoms with E-state index in [1.807, 2.05) is 18.2 Å². The van der Waals surface area contributed by atoms with E-state index in [-0.39, 0.29) is 17.4 Å². The van der Waals surface area contributed by atoms with Crippen molar-refractivity contribution < 1.29 is 9.32 Å². The van der Waals surface area contributed by atoms with Crippen molar-refractivity contribution in [3.05, 3.63) is 60.4 Å². The van der Waals surface area contributed by atoms with Crippen molar-refractivity contribution in [3.63, 3.8) is 0 Å². The lowest BCUT2D eigenvalue weighted by molar-refractivity contribution is 0.102. The van der Waals surface area contributed by atoms with Crippen molar-refractivity contribution in [1.82, 2.24) is 10.1 Å². The number of nitrogen functional groups attached to an aromatic ring is 1. The number of para-hydroxylation sites is 1. The number of pyridine rings is 1. The van der Waals surface area contributed by atoms with Crippen LogP contribution in [0.5, 0.6) is 0 Å². The molecule has 0 saturated carbocycles. The van der Waals surface area contributed by atoms with Gasteiger partial charge in [-0.15, -0.1) is 0 Å². The minimum absolute atomic E-state index is 0.0257. The summed E-state index contributed by atoms with van der Waals surface area (Å²) in [5.41, 5.74) is 7.62. The Labute approximate surface area is 120 Å². The van der Waals surface area contributed by atoms with Gasteiger partial charge in [0.1, 0.15) is 11.3 Å². The molecule has 0 aliphatic heterocycles. The van der Waals surface area contributed by atoms with Gasteiger partial charge >= 0.3 is 0 Å². The maximum Gasteiger partial charge on any atom is 0.263 e. The van der Waals surface area contributed by atoms with Crippen molar-refractivity contribution in [2.24, 2.45) is 0 Å². The number of anilines is 2. The molecule has 104 valence electrons. The van der Waals surface area contributed by atoms with E-state index < -0.39 is 0 Å². The van der Waals surface area contributed by atoms with Crippen LogP contribution in [0.4, 0.5) is 11.6 Å². The molecule has 0 fully saturated rings. The summed E-state index contributed by atoms with van der Waals surface area (Å²) in [4.78, 5) is 16.4. The number of carbonyl (C=O) groups excluding carboxylic acids is 1. The molecule has 1 amide bonds. The normalized spacial score (nSPS) is 10.3. The number of hydrogen-bond acceptors (Lipinski definition) is 5. The van der Waals surface area contributed by atoms with Crippen LogP contribution in [0, 0.1) is 0 Å². The molecule has 2 aromatic heterocycles. The van der Waals surface area contributed by atoms with Gasteiger partial charge in [0.25, 0.3) is 5.91 Å². The summed E-state index contributed by atoms with van der Waals surface area (Å²) in [7, 11) is 0. The molecule has 0 bridgehead atoms. The summed E-state index contributed by atoms with van der Waals surface area (Å²) in [6.45, 7) is 0.